The van der Waals surface area contributed by atoms with E-state index in [1.165, 1.54) is 65.2 Å². The van der Waals surface area contributed by atoms with Crippen LogP contribution in [0.15, 0.2) is 91.3 Å². The molecule has 3 nitrogen and oxygen atoms in total. The SMILES string of the molecule is Cc1ccc(-c2ccc(CCCCc3cnc(-c4cc(C)cc5c4sc4nc(C)ccc45)c4ccc(C(C)C)cc34)cn2)cc1. The van der Waals surface area contributed by atoms with Crippen LogP contribution in [0, 0.1) is 20.8 Å². The van der Waals surface area contributed by atoms with Crippen molar-refractivity contribution in [3.8, 4) is 22.5 Å². The molecule has 0 unspecified atom stereocenters. The molecular formula is C41H39N3S. The average Bonchev–Trinajstić information content (AvgIpc) is 3.40. The van der Waals surface area contributed by atoms with Gasteiger partial charge in [-0.2, -0.15) is 0 Å². The Morgan fingerprint density at radius 1 is 0.667 bits per heavy atom. The molecule has 3 aromatic carbocycles. The predicted molar refractivity (Wildman–Crippen MR) is 192 cm³/mol. The smallest absolute Gasteiger partial charge is 0.124 e. The Balaban J connectivity index is 1.17. The highest BCUT2D eigenvalue weighted by atomic mass is 32.1. The molecule has 0 radical (unpaired) electrons. The number of rotatable bonds is 8. The van der Waals surface area contributed by atoms with E-state index in [1.54, 1.807) is 11.3 Å². The first-order valence-corrected chi connectivity index (χ1v) is 16.9. The normalized spacial score (nSPS) is 11.8. The third-order valence-corrected chi connectivity index (χ3v) is 10.1. The summed E-state index contributed by atoms with van der Waals surface area (Å²) in [4.78, 5) is 15.9. The average molecular weight is 606 g/mol. The molecule has 0 fully saturated rings. The molecule has 7 aromatic rings. The van der Waals surface area contributed by atoms with Crippen LogP contribution in [0.5, 0.6) is 0 Å². The van der Waals surface area contributed by atoms with Gasteiger partial charge in [-0.05, 0) is 110 Å². The van der Waals surface area contributed by atoms with Crippen molar-refractivity contribution in [2.45, 2.75) is 66.2 Å². The van der Waals surface area contributed by atoms with Crippen LogP contribution in [0.2, 0.25) is 0 Å². The van der Waals surface area contributed by atoms with Crippen molar-refractivity contribution in [2.24, 2.45) is 0 Å². The maximum atomic E-state index is 5.19. The van der Waals surface area contributed by atoms with Gasteiger partial charge < -0.3 is 0 Å². The van der Waals surface area contributed by atoms with Crippen molar-refractivity contribution in [1.82, 2.24) is 15.0 Å². The number of thiophene rings is 1. The topological polar surface area (TPSA) is 38.7 Å². The van der Waals surface area contributed by atoms with Gasteiger partial charge in [0, 0.05) is 50.1 Å². The van der Waals surface area contributed by atoms with Crippen molar-refractivity contribution in [1.29, 1.82) is 0 Å². The number of fused-ring (bicyclic) bond motifs is 4. The molecule has 0 aliphatic rings. The molecule has 0 atom stereocenters. The molecule has 0 N–H and O–H groups in total. The second-order valence-corrected chi connectivity index (χ2v) is 13.8. The van der Waals surface area contributed by atoms with Gasteiger partial charge in [0.2, 0.25) is 0 Å². The summed E-state index contributed by atoms with van der Waals surface area (Å²) >= 11 is 1.79. The summed E-state index contributed by atoms with van der Waals surface area (Å²) in [7, 11) is 0. The molecule has 7 rings (SSSR count). The highest BCUT2D eigenvalue weighted by Crippen LogP contribution is 2.42. The number of hydrogen-bond donors (Lipinski definition) is 0. The van der Waals surface area contributed by atoms with Crippen molar-refractivity contribution >= 4 is 42.4 Å². The predicted octanol–water partition coefficient (Wildman–Crippen LogP) is 11.3. The Hall–Kier alpha value is -4.41. The zero-order valence-corrected chi connectivity index (χ0v) is 27.6. The van der Waals surface area contributed by atoms with Gasteiger partial charge >= 0.3 is 0 Å². The molecule has 4 aromatic heterocycles. The molecule has 0 spiro atoms. The third kappa shape index (κ3) is 5.87. The number of nitrogens with zero attached hydrogens (tertiary/aromatic N) is 3. The fraction of sp³-hybridized carbons (Fsp3) is 0.244. The first-order chi connectivity index (χ1) is 21.8. The van der Waals surface area contributed by atoms with Crippen molar-refractivity contribution in [3.05, 3.63) is 125 Å². The Morgan fingerprint density at radius 2 is 1.47 bits per heavy atom. The van der Waals surface area contributed by atoms with E-state index in [9.17, 15) is 0 Å². The number of aryl methyl sites for hydroxylation is 5. The van der Waals surface area contributed by atoms with Crippen LogP contribution in [0.4, 0.5) is 0 Å². The van der Waals surface area contributed by atoms with Gasteiger partial charge in [0.25, 0.3) is 0 Å². The van der Waals surface area contributed by atoms with Crippen LogP contribution in [-0.4, -0.2) is 15.0 Å². The van der Waals surface area contributed by atoms with Gasteiger partial charge in [-0.1, -0.05) is 67.9 Å². The number of aromatic nitrogens is 3. The maximum absolute atomic E-state index is 5.19. The second kappa shape index (κ2) is 12.2. The van der Waals surface area contributed by atoms with Crippen molar-refractivity contribution < 1.29 is 0 Å². The van der Waals surface area contributed by atoms with Crippen LogP contribution in [-0.2, 0) is 12.8 Å². The molecular weight excluding hydrogens is 567 g/mol. The van der Waals surface area contributed by atoms with Crippen LogP contribution in [0.3, 0.4) is 0 Å². The lowest BCUT2D eigenvalue weighted by Crippen LogP contribution is -1.97. The van der Waals surface area contributed by atoms with E-state index in [1.807, 2.05) is 6.20 Å². The maximum Gasteiger partial charge on any atom is 0.124 e. The summed E-state index contributed by atoms with van der Waals surface area (Å²) in [5, 5.41) is 5.08. The molecule has 0 aliphatic heterocycles. The molecule has 224 valence electrons. The van der Waals surface area contributed by atoms with Crippen molar-refractivity contribution in [3.63, 3.8) is 0 Å². The van der Waals surface area contributed by atoms with E-state index in [4.69, 9.17) is 15.0 Å². The van der Waals surface area contributed by atoms with Crippen molar-refractivity contribution in [2.75, 3.05) is 0 Å². The third-order valence-electron chi connectivity index (χ3n) is 8.97. The van der Waals surface area contributed by atoms with Gasteiger partial charge in [-0.15, -0.1) is 11.3 Å². The van der Waals surface area contributed by atoms with Crippen LogP contribution in [0.1, 0.15) is 66.1 Å². The van der Waals surface area contributed by atoms with E-state index < -0.39 is 0 Å². The number of hydrogen-bond acceptors (Lipinski definition) is 4. The number of unbranched alkanes of at least 4 members (excludes halogenated alkanes) is 1. The van der Waals surface area contributed by atoms with Gasteiger partial charge in [0.05, 0.1) is 11.4 Å². The highest BCUT2D eigenvalue weighted by molar-refractivity contribution is 7.26. The van der Waals surface area contributed by atoms with E-state index in [0.29, 0.717) is 5.92 Å². The molecule has 0 amide bonds. The quantitative estimate of drug-likeness (QED) is 0.162. The monoisotopic (exact) mass is 605 g/mol. The Bertz CT molecular complexity index is 2160. The summed E-state index contributed by atoms with van der Waals surface area (Å²) in [6.45, 7) is 10.9. The fourth-order valence-corrected chi connectivity index (χ4v) is 7.59. The highest BCUT2D eigenvalue weighted by Gasteiger charge is 2.17. The minimum atomic E-state index is 0.469. The second-order valence-electron chi connectivity index (χ2n) is 12.8. The van der Waals surface area contributed by atoms with E-state index >= 15 is 0 Å². The van der Waals surface area contributed by atoms with Gasteiger partial charge in [-0.3, -0.25) is 9.97 Å². The number of benzene rings is 3. The zero-order valence-electron chi connectivity index (χ0n) is 26.8. The lowest BCUT2D eigenvalue weighted by molar-refractivity contribution is 0.734. The van der Waals surface area contributed by atoms with Gasteiger partial charge in [0.1, 0.15) is 4.83 Å². The fourth-order valence-electron chi connectivity index (χ4n) is 6.37. The minimum Gasteiger partial charge on any atom is -0.256 e. The largest absolute Gasteiger partial charge is 0.256 e. The standard InChI is InChI=1S/C41H39N3S/c1-25(2)31-16-18-33-35(22-31)32(9-7-6-8-29-13-19-38(42-23-29)30-14-10-26(3)11-15-30)24-43-39(33)37-21-27(4)20-36-34-17-12-28(5)44-41(34)45-40(36)37/h10-25H,6-9H2,1-5H3. The number of pyridine rings is 3. The molecule has 0 saturated carbocycles. The first-order valence-electron chi connectivity index (χ1n) is 16.1. The molecule has 4 heteroatoms. The molecule has 0 saturated heterocycles. The lowest BCUT2D eigenvalue weighted by Gasteiger charge is -2.15. The Labute approximate surface area is 270 Å². The van der Waals surface area contributed by atoms with Crippen LogP contribution < -0.4 is 0 Å². The van der Waals surface area contributed by atoms with E-state index in [0.717, 1.165) is 47.6 Å². The van der Waals surface area contributed by atoms with Crippen LogP contribution >= 0.6 is 11.3 Å². The zero-order chi connectivity index (χ0) is 31.1. The molecule has 45 heavy (non-hydrogen) atoms. The van der Waals surface area contributed by atoms with E-state index in [2.05, 4.69) is 120 Å². The summed E-state index contributed by atoms with van der Waals surface area (Å²) in [5.74, 6) is 0.469. The Morgan fingerprint density at radius 3 is 2.24 bits per heavy atom. The molecule has 4 heterocycles. The Kier molecular flexibility index (Phi) is 7.93. The summed E-state index contributed by atoms with van der Waals surface area (Å²) < 4.78 is 1.27. The first kappa shape index (κ1) is 29.3. The molecule has 0 bridgehead atoms. The van der Waals surface area contributed by atoms with Crippen LogP contribution in [0.25, 0.3) is 53.6 Å². The summed E-state index contributed by atoms with van der Waals surface area (Å²) in [5.41, 5.74) is 12.0. The lowest BCUT2D eigenvalue weighted by atomic mass is 9.92. The molecule has 0 aliphatic carbocycles. The summed E-state index contributed by atoms with van der Waals surface area (Å²) in [6.07, 6.45) is 8.45. The van der Waals surface area contributed by atoms with Gasteiger partial charge in [0.15, 0.2) is 0 Å². The summed E-state index contributed by atoms with van der Waals surface area (Å²) in [6, 6.07) is 28.9. The van der Waals surface area contributed by atoms with Gasteiger partial charge in [-0.25, -0.2) is 4.98 Å². The van der Waals surface area contributed by atoms with E-state index in [-0.39, 0.29) is 0 Å². The minimum absolute atomic E-state index is 0.469.